The number of allylic oxidation sites excluding steroid dienone is 2. The molecule has 1 unspecified atom stereocenters. The predicted octanol–water partition coefficient (Wildman–Crippen LogP) is 4.12. The third kappa shape index (κ3) is 5.56. The molecule has 0 fully saturated rings. The third-order valence-corrected chi connectivity index (χ3v) is 4.64. The maximum atomic E-state index is 8.09. The molecule has 0 bridgehead atoms. The summed E-state index contributed by atoms with van der Waals surface area (Å²) in [6.07, 6.45) is 2.62. The van der Waals surface area contributed by atoms with E-state index in [9.17, 15) is 0 Å². The standard InChI is InChI=1S/C20H34N4O/c1-9-14(4)15(5)12-24(11-3)13-16(6)25-20-19(18(21)10-2)17(7)22-23(20)8/h10,16,21H,2,9,11-13H2,1,3-8H3/b15-14+,21-18?. The fourth-order valence-corrected chi connectivity index (χ4v) is 2.85. The van der Waals surface area contributed by atoms with E-state index in [0.29, 0.717) is 11.6 Å². The highest BCUT2D eigenvalue weighted by atomic mass is 16.5. The van der Waals surface area contributed by atoms with Crippen molar-refractivity contribution in [3.05, 3.63) is 35.1 Å². The lowest BCUT2D eigenvalue weighted by Gasteiger charge is -2.26. The highest BCUT2D eigenvalue weighted by Crippen LogP contribution is 2.23. The summed E-state index contributed by atoms with van der Waals surface area (Å²) in [7, 11) is 1.85. The lowest BCUT2D eigenvalue weighted by Crippen LogP contribution is -2.35. The third-order valence-electron chi connectivity index (χ3n) is 4.64. The van der Waals surface area contributed by atoms with Gasteiger partial charge in [0, 0.05) is 20.1 Å². The Kier molecular flexibility index (Phi) is 8.10. The number of likely N-dealkylation sites (N-methyl/N-ethyl adjacent to an activating group) is 1. The average molecular weight is 347 g/mol. The quantitative estimate of drug-likeness (QED) is 0.512. The fraction of sp³-hybridized carbons (Fsp3) is 0.600. The zero-order chi connectivity index (χ0) is 19.1. The Balaban J connectivity index is 2.87. The van der Waals surface area contributed by atoms with Gasteiger partial charge in [-0.25, -0.2) is 4.68 Å². The van der Waals surface area contributed by atoms with E-state index < -0.39 is 0 Å². The molecule has 0 aliphatic rings. The summed E-state index contributed by atoms with van der Waals surface area (Å²) in [5.74, 6) is 0.642. The SMILES string of the molecule is C=CC(=N)c1c(C)nn(C)c1OC(C)CN(CC)C/C(C)=C(\C)CC. The summed E-state index contributed by atoms with van der Waals surface area (Å²) in [6, 6.07) is 0. The van der Waals surface area contributed by atoms with Gasteiger partial charge in [0.25, 0.3) is 0 Å². The molecule has 25 heavy (non-hydrogen) atoms. The van der Waals surface area contributed by atoms with E-state index >= 15 is 0 Å². The second-order valence-electron chi connectivity index (χ2n) is 6.68. The Morgan fingerprint density at radius 1 is 1.36 bits per heavy atom. The highest BCUT2D eigenvalue weighted by Gasteiger charge is 2.20. The molecule has 1 heterocycles. The van der Waals surface area contributed by atoms with Crippen LogP contribution in [0.4, 0.5) is 0 Å². The van der Waals surface area contributed by atoms with Crippen LogP contribution in [0.2, 0.25) is 0 Å². The van der Waals surface area contributed by atoms with Crippen LogP contribution in [0.5, 0.6) is 5.88 Å². The van der Waals surface area contributed by atoms with Gasteiger partial charge in [0.05, 0.1) is 17.0 Å². The number of rotatable bonds is 10. The molecule has 1 atom stereocenters. The number of nitrogens with one attached hydrogen (secondary N) is 1. The molecule has 1 aromatic rings. The Labute approximate surface area is 152 Å². The molecule has 0 amide bonds. The lowest BCUT2D eigenvalue weighted by molar-refractivity contribution is 0.144. The zero-order valence-electron chi connectivity index (χ0n) is 16.9. The molecule has 1 aromatic heterocycles. The average Bonchev–Trinajstić information content (AvgIpc) is 2.85. The predicted molar refractivity (Wildman–Crippen MR) is 106 cm³/mol. The van der Waals surface area contributed by atoms with E-state index in [4.69, 9.17) is 10.1 Å². The second kappa shape index (κ2) is 9.56. The van der Waals surface area contributed by atoms with Crippen LogP contribution < -0.4 is 4.74 Å². The summed E-state index contributed by atoms with van der Waals surface area (Å²) in [5.41, 5.74) is 4.75. The molecule has 0 aliphatic carbocycles. The first kappa shape index (κ1) is 21.2. The van der Waals surface area contributed by atoms with Crippen LogP contribution in [0, 0.1) is 12.3 Å². The van der Waals surface area contributed by atoms with Crippen LogP contribution in [-0.4, -0.2) is 46.1 Å². The molecule has 0 aliphatic heterocycles. The molecular weight excluding hydrogens is 312 g/mol. The maximum Gasteiger partial charge on any atom is 0.221 e. The van der Waals surface area contributed by atoms with Crippen LogP contribution in [0.3, 0.4) is 0 Å². The second-order valence-corrected chi connectivity index (χ2v) is 6.68. The van der Waals surface area contributed by atoms with Gasteiger partial charge >= 0.3 is 0 Å². The van der Waals surface area contributed by atoms with Gasteiger partial charge in [-0.3, -0.25) is 4.90 Å². The number of hydrogen-bond donors (Lipinski definition) is 1. The van der Waals surface area contributed by atoms with E-state index in [-0.39, 0.29) is 6.10 Å². The lowest BCUT2D eigenvalue weighted by atomic mass is 10.1. The van der Waals surface area contributed by atoms with E-state index in [1.54, 1.807) is 4.68 Å². The summed E-state index contributed by atoms with van der Waals surface area (Å²) < 4.78 is 7.89. The molecule has 0 aromatic carbocycles. The van der Waals surface area contributed by atoms with Gasteiger partial charge in [-0.05, 0) is 46.7 Å². The Bertz CT molecular complexity index is 642. The van der Waals surface area contributed by atoms with Crippen molar-refractivity contribution in [3.8, 4) is 5.88 Å². The van der Waals surface area contributed by atoms with Crippen molar-refractivity contribution in [2.45, 2.75) is 54.1 Å². The van der Waals surface area contributed by atoms with E-state index in [1.807, 2.05) is 14.0 Å². The van der Waals surface area contributed by atoms with E-state index in [1.165, 1.54) is 17.2 Å². The number of ether oxygens (including phenoxy) is 1. The van der Waals surface area contributed by atoms with Gasteiger partial charge < -0.3 is 10.1 Å². The maximum absolute atomic E-state index is 8.09. The normalized spacial score (nSPS) is 13.6. The minimum Gasteiger partial charge on any atom is -0.473 e. The fourth-order valence-electron chi connectivity index (χ4n) is 2.85. The first-order valence-electron chi connectivity index (χ1n) is 9.04. The molecule has 1 rings (SSSR count). The van der Waals surface area contributed by atoms with E-state index in [2.05, 4.69) is 51.2 Å². The van der Waals surface area contributed by atoms with Crippen LogP contribution in [0.1, 0.15) is 52.3 Å². The minimum atomic E-state index is 0.000785. The summed E-state index contributed by atoms with van der Waals surface area (Å²) in [6.45, 7) is 19.2. The first-order chi connectivity index (χ1) is 11.7. The van der Waals surface area contributed by atoms with Gasteiger partial charge in [-0.15, -0.1) is 0 Å². The van der Waals surface area contributed by atoms with Crippen LogP contribution in [0.25, 0.3) is 0 Å². The number of aromatic nitrogens is 2. The summed E-state index contributed by atoms with van der Waals surface area (Å²) >= 11 is 0. The Hall–Kier alpha value is -1.88. The van der Waals surface area contributed by atoms with Gasteiger partial charge in [0.1, 0.15) is 6.10 Å². The molecule has 0 saturated heterocycles. The van der Waals surface area contributed by atoms with Gasteiger partial charge in [0.2, 0.25) is 5.88 Å². The van der Waals surface area contributed by atoms with Crippen molar-refractivity contribution in [3.63, 3.8) is 0 Å². The van der Waals surface area contributed by atoms with E-state index in [0.717, 1.165) is 37.3 Å². The Morgan fingerprint density at radius 3 is 2.52 bits per heavy atom. The molecule has 0 spiro atoms. The van der Waals surface area contributed by atoms with Gasteiger partial charge in [0.15, 0.2) is 0 Å². The molecule has 1 N–H and O–H groups in total. The summed E-state index contributed by atoms with van der Waals surface area (Å²) in [4.78, 5) is 2.39. The van der Waals surface area contributed by atoms with Gasteiger partial charge in [-0.1, -0.05) is 31.6 Å². The zero-order valence-corrected chi connectivity index (χ0v) is 16.9. The summed E-state index contributed by atoms with van der Waals surface area (Å²) in [5, 5.41) is 12.5. The topological polar surface area (TPSA) is 54.1 Å². The molecule has 0 saturated carbocycles. The van der Waals surface area contributed by atoms with Crippen molar-refractivity contribution >= 4 is 5.71 Å². The number of hydrogen-bond acceptors (Lipinski definition) is 4. The largest absolute Gasteiger partial charge is 0.473 e. The number of nitrogens with zero attached hydrogens (tertiary/aromatic N) is 3. The first-order valence-corrected chi connectivity index (χ1v) is 9.04. The van der Waals surface area contributed by atoms with Crippen LogP contribution in [0.15, 0.2) is 23.8 Å². The van der Waals surface area contributed by atoms with Crippen molar-refractivity contribution < 1.29 is 4.74 Å². The van der Waals surface area contributed by atoms with Crippen molar-refractivity contribution in [1.29, 1.82) is 5.41 Å². The van der Waals surface area contributed by atoms with Crippen LogP contribution in [-0.2, 0) is 7.05 Å². The smallest absolute Gasteiger partial charge is 0.221 e. The van der Waals surface area contributed by atoms with Crippen LogP contribution >= 0.6 is 0 Å². The molecule has 5 heteroatoms. The Morgan fingerprint density at radius 2 is 2.00 bits per heavy atom. The minimum absolute atomic E-state index is 0.000785. The molecule has 5 nitrogen and oxygen atoms in total. The molecule has 0 radical (unpaired) electrons. The van der Waals surface area contributed by atoms with Crippen molar-refractivity contribution in [2.24, 2.45) is 7.05 Å². The van der Waals surface area contributed by atoms with Crippen molar-refractivity contribution in [1.82, 2.24) is 14.7 Å². The van der Waals surface area contributed by atoms with Gasteiger partial charge in [-0.2, -0.15) is 5.10 Å². The highest BCUT2D eigenvalue weighted by molar-refractivity contribution is 6.08. The van der Waals surface area contributed by atoms with Crippen molar-refractivity contribution in [2.75, 3.05) is 19.6 Å². The molecular formula is C20H34N4O. The monoisotopic (exact) mass is 346 g/mol. The molecule has 140 valence electrons. The number of aryl methyl sites for hydroxylation is 2.